The molecular formula is C10H4Br3NO2S. The van der Waals surface area contributed by atoms with Crippen molar-refractivity contribution in [3.8, 4) is 10.4 Å². The van der Waals surface area contributed by atoms with Crippen molar-refractivity contribution >= 4 is 65.1 Å². The molecule has 1 heterocycles. The predicted octanol–water partition coefficient (Wildman–Crippen LogP) is 4.80. The minimum absolute atomic E-state index is 0.0658. The lowest BCUT2D eigenvalue weighted by Crippen LogP contribution is -1.98. The van der Waals surface area contributed by atoms with Crippen LogP contribution in [-0.4, -0.2) is 16.1 Å². The summed E-state index contributed by atoms with van der Waals surface area (Å²) in [7, 11) is 0. The van der Waals surface area contributed by atoms with E-state index in [1.54, 1.807) is 0 Å². The van der Waals surface area contributed by atoms with E-state index in [4.69, 9.17) is 5.11 Å². The first-order chi connectivity index (χ1) is 7.99. The van der Waals surface area contributed by atoms with Crippen LogP contribution >= 0.6 is 59.1 Å². The third kappa shape index (κ3) is 2.78. The van der Waals surface area contributed by atoms with Crippen LogP contribution in [0.1, 0.15) is 10.5 Å². The molecule has 1 aromatic carbocycles. The fourth-order valence-corrected chi connectivity index (χ4v) is 3.34. The van der Waals surface area contributed by atoms with Crippen LogP contribution in [0.25, 0.3) is 10.4 Å². The van der Waals surface area contributed by atoms with Gasteiger partial charge in [-0.2, -0.15) is 0 Å². The van der Waals surface area contributed by atoms with Gasteiger partial charge in [-0.05, 0) is 65.5 Å². The molecule has 0 radical (unpaired) electrons. The molecule has 88 valence electrons. The van der Waals surface area contributed by atoms with Gasteiger partial charge in [-0.3, -0.25) is 0 Å². The molecule has 2 aromatic rings. The number of thiazole rings is 1. The van der Waals surface area contributed by atoms with Crippen LogP contribution in [-0.2, 0) is 0 Å². The summed E-state index contributed by atoms with van der Waals surface area (Å²) >= 11 is 11.3. The van der Waals surface area contributed by atoms with Gasteiger partial charge in [0.2, 0.25) is 0 Å². The lowest BCUT2D eigenvalue weighted by atomic mass is 10.1. The average Bonchev–Trinajstić information content (AvgIpc) is 2.64. The number of benzene rings is 1. The van der Waals surface area contributed by atoms with Crippen molar-refractivity contribution in [1.82, 2.24) is 4.98 Å². The van der Waals surface area contributed by atoms with Crippen molar-refractivity contribution in [2.24, 2.45) is 0 Å². The van der Waals surface area contributed by atoms with E-state index in [1.165, 1.54) is 11.3 Å². The summed E-state index contributed by atoms with van der Waals surface area (Å²) in [5.74, 6) is -1.03. The smallest absolute Gasteiger partial charge is 0.356 e. The fourth-order valence-electron chi connectivity index (χ4n) is 1.27. The van der Waals surface area contributed by atoms with Crippen molar-refractivity contribution in [2.75, 3.05) is 0 Å². The molecule has 3 nitrogen and oxygen atoms in total. The van der Waals surface area contributed by atoms with Gasteiger partial charge in [0.05, 0.1) is 4.88 Å². The van der Waals surface area contributed by atoms with E-state index in [-0.39, 0.29) is 5.69 Å². The topological polar surface area (TPSA) is 50.2 Å². The van der Waals surface area contributed by atoms with Crippen LogP contribution in [0.15, 0.2) is 31.1 Å². The molecule has 17 heavy (non-hydrogen) atoms. The summed E-state index contributed by atoms with van der Waals surface area (Å²) in [5, 5.41) is 9.07. The number of carboxylic acid groups (broad SMARTS) is 1. The Balaban J connectivity index is 2.59. The number of nitrogens with zero attached hydrogens (tertiary/aromatic N) is 1. The van der Waals surface area contributed by atoms with Gasteiger partial charge in [0.25, 0.3) is 0 Å². The maximum Gasteiger partial charge on any atom is 0.356 e. The molecule has 1 N–H and O–H groups in total. The van der Waals surface area contributed by atoms with Crippen LogP contribution in [0, 0.1) is 0 Å². The Labute approximate surface area is 126 Å². The summed E-state index contributed by atoms with van der Waals surface area (Å²) in [6.07, 6.45) is 0. The molecule has 1 aromatic heterocycles. The van der Waals surface area contributed by atoms with Gasteiger partial charge in [0.1, 0.15) is 0 Å². The van der Waals surface area contributed by atoms with Gasteiger partial charge in [0, 0.05) is 8.95 Å². The largest absolute Gasteiger partial charge is 0.476 e. The monoisotopic (exact) mass is 439 g/mol. The Morgan fingerprint density at radius 3 is 2.53 bits per heavy atom. The molecule has 7 heteroatoms. The van der Waals surface area contributed by atoms with E-state index in [0.717, 1.165) is 14.5 Å². The summed E-state index contributed by atoms with van der Waals surface area (Å²) in [5.41, 5.74) is 0.886. The molecule has 0 aliphatic carbocycles. The zero-order valence-electron chi connectivity index (χ0n) is 8.08. The zero-order valence-corrected chi connectivity index (χ0v) is 13.7. The van der Waals surface area contributed by atoms with Gasteiger partial charge >= 0.3 is 5.97 Å². The second-order valence-corrected chi connectivity index (χ2v) is 7.06. The van der Waals surface area contributed by atoms with E-state index >= 15 is 0 Å². The standard InChI is InChI=1S/C10H4Br3NO2S/c11-5-2-1-4(3-6(5)12)8-7(9(15)16)14-10(13)17-8/h1-3H,(H,15,16). The number of halogens is 3. The van der Waals surface area contributed by atoms with E-state index in [9.17, 15) is 4.79 Å². The lowest BCUT2D eigenvalue weighted by molar-refractivity contribution is 0.0692. The summed E-state index contributed by atoms with van der Waals surface area (Å²) in [6.45, 7) is 0. The van der Waals surface area contributed by atoms with Crippen molar-refractivity contribution in [1.29, 1.82) is 0 Å². The average molecular weight is 442 g/mol. The summed E-state index contributed by atoms with van der Waals surface area (Å²) in [6, 6.07) is 5.57. The Bertz CT molecular complexity index is 597. The van der Waals surface area contributed by atoms with Crippen molar-refractivity contribution in [3.05, 3.63) is 36.8 Å². The van der Waals surface area contributed by atoms with Gasteiger partial charge in [-0.25, -0.2) is 9.78 Å². The van der Waals surface area contributed by atoms with Crippen molar-refractivity contribution in [3.63, 3.8) is 0 Å². The van der Waals surface area contributed by atoms with Gasteiger partial charge in [0.15, 0.2) is 9.61 Å². The molecule has 0 fully saturated rings. The third-order valence-corrected chi connectivity index (χ3v) is 5.42. The van der Waals surface area contributed by atoms with Crippen molar-refractivity contribution < 1.29 is 9.90 Å². The third-order valence-electron chi connectivity index (χ3n) is 1.99. The number of hydrogen-bond acceptors (Lipinski definition) is 3. The number of aromatic nitrogens is 1. The Morgan fingerprint density at radius 2 is 1.94 bits per heavy atom. The Hall–Kier alpha value is -0.240. The van der Waals surface area contributed by atoms with E-state index < -0.39 is 5.97 Å². The number of aromatic carboxylic acids is 1. The SMILES string of the molecule is O=C(O)c1nc(Br)sc1-c1ccc(Br)c(Br)c1. The number of carboxylic acids is 1. The highest BCUT2D eigenvalue weighted by Crippen LogP contribution is 2.36. The molecule has 2 rings (SSSR count). The second kappa shape index (κ2) is 5.17. The second-order valence-electron chi connectivity index (χ2n) is 3.08. The Kier molecular flexibility index (Phi) is 4.02. The van der Waals surface area contributed by atoms with Crippen LogP contribution < -0.4 is 0 Å². The number of carbonyl (C=O) groups is 1. The van der Waals surface area contributed by atoms with Crippen LogP contribution in [0.4, 0.5) is 0 Å². The summed E-state index contributed by atoms with van der Waals surface area (Å²) < 4.78 is 2.35. The van der Waals surface area contributed by atoms with E-state index in [1.807, 2.05) is 18.2 Å². The first-order valence-corrected chi connectivity index (χ1v) is 7.53. The highest BCUT2D eigenvalue weighted by Gasteiger charge is 2.18. The molecular weight excluding hydrogens is 438 g/mol. The lowest BCUT2D eigenvalue weighted by Gasteiger charge is -2.01. The highest BCUT2D eigenvalue weighted by atomic mass is 79.9. The number of rotatable bonds is 2. The van der Waals surface area contributed by atoms with Gasteiger partial charge < -0.3 is 5.11 Å². The quantitative estimate of drug-likeness (QED) is 0.728. The Morgan fingerprint density at radius 1 is 1.24 bits per heavy atom. The van der Waals surface area contributed by atoms with E-state index in [2.05, 4.69) is 52.8 Å². The minimum Gasteiger partial charge on any atom is -0.476 e. The maximum absolute atomic E-state index is 11.1. The fraction of sp³-hybridized carbons (Fsp3) is 0. The van der Waals surface area contributed by atoms with Crippen LogP contribution in [0.5, 0.6) is 0 Å². The molecule has 0 saturated carbocycles. The zero-order chi connectivity index (χ0) is 12.6. The first-order valence-electron chi connectivity index (χ1n) is 4.34. The number of hydrogen-bond donors (Lipinski definition) is 1. The maximum atomic E-state index is 11.1. The molecule has 0 bridgehead atoms. The molecule has 0 unspecified atom stereocenters. The summed E-state index contributed by atoms with van der Waals surface area (Å²) in [4.78, 5) is 15.6. The van der Waals surface area contributed by atoms with Gasteiger partial charge in [-0.1, -0.05) is 6.07 Å². The molecule has 0 saturated heterocycles. The van der Waals surface area contributed by atoms with Crippen LogP contribution in [0.2, 0.25) is 0 Å². The molecule has 0 spiro atoms. The van der Waals surface area contributed by atoms with E-state index in [0.29, 0.717) is 8.79 Å². The predicted molar refractivity (Wildman–Crippen MR) is 77.6 cm³/mol. The van der Waals surface area contributed by atoms with Crippen molar-refractivity contribution in [2.45, 2.75) is 0 Å². The molecule has 0 aliphatic heterocycles. The molecule has 0 atom stereocenters. The molecule has 0 aliphatic rings. The highest BCUT2D eigenvalue weighted by molar-refractivity contribution is 9.13. The molecule has 0 amide bonds. The van der Waals surface area contributed by atoms with Gasteiger partial charge in [-0.15, -0.1) is 11.3 Å². The normalized spacial score (nSPS) is 10.5. The first kappa shape index (κ1) is 13.2. The van der Waals surface area contributed by atoms with Crippen LogP contribution in [0.3, 0.4) is 0 Å². The minimum atomic E-state index is -1.03.